The molecule has 1 aliphatic rings. The normalized spacial score (nSPS) is 16.2. The Kier molecular flexibility index (Phi) is 4.91. The maximum absolute atomic E-state index is 12.6. The van der Waals surface area contributed by atoms with Gasteiger partial charge in [0.25, 0.3) is 5.91 Å². The molecular weight excluding hydrogens is 342 g/mol. The molecule has 3 rings (SSSR count). The lowest BCUT2D eigenvalue weighted by molar-refractivity contribution is 0.0709. The van der Waals surface area contributed by atoms with Gasteiger partial charge < -0.3 is 9.42 Å². The summed E-state index contributed by atoms with van der Waals surface area (Å²) in [7, 11) is -3.53. The highest BCUT2D eigenvalue weighted by atomic mass is 32.2. The van der Waals surface area contributed by atoms with Crippen molar-refractivity contribution >= 4 is 15.9 Å². The number of aromatic nitrogens is 1. The Morgan fingerprint density at radius 3 is 2.40 bits per heavy atom. The zero-order valence-corrected chi connectivity index (χ0v) is 15.0. The smallest absolute Gasteiger partial charge is 0.259 e. The summed E-state index contributed by atoms with van der Waals surface area (Å²) < 4.78 is 32.5. The average molecular weight is 363 g/mol. The highest BCUT2D eigenvalue weighted by molar-refractivity contribution is 7.89. The molecule has 1 aromatic heterocycles. The molecule has 1 saturated heterocycles. The number of piperidine rings is 1. The van der Waals surface area contributed by atoms with E-state index in [0.29, 0.717) is 42.9 Å². The second-order valence-electron chi connectivity index (χ2n) is 6.20. The minimum Gasteiger partial charge on any atom is -0.361 e. The number of rotatable bonds is 4. The molecule has 1 fully saturated rings. The van der Waals surface area contributed by atoms with Gasteiger partial charge in [-0.1, -0.05) is 23.4 Å². The largest absolute Gasteiger partial charge is 0.361 e. The number of sulfonamides is 1. The van der Waals surface area contributed by atoms with Crippen molar-refractivity contribution in [3.63, 3.8) is 0 Å². The second-order valence-corrected chi connectivity index (χ2v) is 7.91. The van der Waals surface area contributed by atoms with Crippen LogP contribution in [-0.4, -0.2) is 43.5 Å². The van der Waals surface area contributed by atoms with Crippen molar-refractivity contribution in [2.75, 3.05) is 13.1 Å². The van der Waals surface area contributed by atoms with Crippen molar-refractivity contribution < 1.29 is 17.7 Å². The minimum absolute atomic E-state index is 0.111. The van der Waals surface area contributed by atoms with E-state index < -0.39 is 10.0 Å². The van der Waals surface area contributed by atoms with E-state index >= 15 is 0 Å². The topological polar surface area (TPSA) is 92.5 Å². The van der Waals surface area contributed by atoms with Crippen LogP contribution in [0.2, 0.25) is 0 Å². The molecule has 8 heteroatoms. The third-order valence-electron chi connectivity index (χ3n) is 4.40. The molecule has 1 aliphatic heterocycles. The number of aryl methyl sites for hydroxylation is 2. The molecule has 2 aromatic rings. The zero-order chi connectivity index (χ0) is 18.0. The van der Waals surface area contributed by atoms with Crippen LogP contribution < -0.4 is 4.72 Å². The molecule has 0 aliphatic carbocycles. The lowest BCUT2D eigenvalue weighted by Gasteiger charge is -2.32. The van der Waals surface area contributed by atoms with Gasteiger partial charge in [0, 0.05) is 19.1 Å². The second kappa shape index (κ2) is 6.97. The number of benzene rings is 1. The summed E-state index contributed by atoms with van der Waals surface area (Å²) in [6, 6.07) is 8.12. The number of nitrogens with one attached hydrogen (secondary N) is 1. The highest BCUT2D eigenvalue weighted by Gasteiger charge is 2.29. The average Bonchev–Trinajstić information content (AvgIpc) is 2.94. The summed E-state index contributed by atoms with van der Waals surface area (Å²) in [5.41, 5.74) is 1.08. The van der Waals surface area contributed by atoms with Gasteiger partial charge in [-0.25, -0.2) is 13.1 Å². The first kappa shape index (κ1) is 17.6. The predicted molar refractivity (Wildman–Crippen MR) is 91.7 cm³/mol. The van der Waals surface area contributed by atoms with Crippen LogP contribution in [0.15, 0.2) is 39.8 Å². The number of carbonyl (C=O) groups excluding carboxylic acids is 1. The summed E-state index contributed by atoms with van der Waals surface area (Å²) in [5.74, 6) is 0.398. The zero-order valence-electron chi connectivity index (χ0n) is 14.2. The van der Waals surface area contributed by atoms with Crippen LogP contribution in [0.3, 0.4) is 0 Å². The van der Waals surface area contributed by atoms with Gasteiger partial charge in [-0.2, -0.15) is 0 Å². The minimum atomic E-state index is -3.53. The van der Waals surface area contributed by atoms with Gasteiger partial charge >= 0.3 is 0 Å². The summed E-state index contributed by atoms with van der Waals surface area (Å²) in [4.78, 5) is 14.6. The van der Waals surface area contributed by atoms with Gasteiger partial charge in [-0.05, 0) is 38.8 Å². The van der Waals surface area contributed by atoms with Crippen LogP contribution in [0.5, 0.6) is 0 Å². The van der Waals surface area contributed by atoms with Crippen molar-refractivity contribution in [3.8, 4) is 0 Å². The lowest BCUT2D eigenvalue weighted by atomic mass is 10.0. The van der Waals surface area contributed by atoms with Crippen molar-refractivity contribution in [1.82, 2.24) is 14.8 Å². The van der Waals surface area contributed by atoms with E-state index in [1.165, 1.54) is 0 Å². The molecule has 1 amide bonds. The summed E-state index contributed by atoms with van der Waals surface area (Å²) in [5, 5.41) is 3.81. The van der Waals surface area contributed by atoms with E-state index in [2.05, 4.69) is 9.88 Å². The molecule has 0 bridgehead atoms. The monoisotopic (exact) mass is 363 g/mol. The number of hydrogen-bond donors (Lipinski definition) is 1. The first-order chi connectivity index (χ1) is 11.9. The first-order valence-electron chi connectivity index (χ1n) is 8.18. The third-order valence-corrected chi connectivity index (χ3v) is 5.94. The molecule has 0 unspecified atom stereocenters. The van der Waals surface area contributed by atoms with Crippen LogP contribution in [0, 0.1) is 13.8 Å². The van der Waals surface area contributed by atoms with E-state index in [-0.39, 0.29) is 16.8 Å². The lowest BCUT2D eigenvalue weighted by Crippen LogP contribution is -2.46. The molecule has 25 heavy (non-hydrogen) atoms. The molecule has 0 spiro atoms. The molecule has 0 atom stereocenters. The molecule has 134 valence electrons. The van der Waals surface area contributed by atoms with Gasteiger partial charge in [0.1, 0.15) is 11.3 Å². The van der Waals surface area contributed by atoms with Crippen molar-refractivity contribution in [2.45, 2.75) is 37.6 Å². The van der Waals surface area contributed by atoms with Gasteiger partial charge in [-0.15, -0.1) is 0 Å². The summed E-state index contributed by atoms with van der Waals surface area (Å²) in [6.45, 7) is 4.44. The Bertz CT molecular complexity index is 834. The highest BCUT2D eigenvalue weighted by Crippen LogP contribution is 2.20. The fraction of sp³-hybridized carbons (Fsp3) is 0.412. The fourth-order valence-corrected chi connectivity index (χ4v) is 4.36. The Balaban J connectivity index is 1.62. The summed E-state index contributed by atoms with van der Waals surface area (Å²) in [6.07, 6.45) is 1.14. The number of hydrogen-bond acceptors (Lipinski definition) is 5. The van der Waals surface area contributed by atoms with Gasteiger partial charge in [-0.3, -0.25) is 4.79 Å². The molecule has 0 saturated carbocycles. The Morgan fingerprint density at radius 1 is 1.20 bits per heavy atom. The SMILES string of the molecule is Cc1noc(C)c1C(=O)N1CCC(NS(=O)(=O)c2ccccc2)CC1. The fourth-order valence-electron chi connectivity index (χ4n) is 3.03. The van der Waals surface area contributed by atoms with E-state index in [1.807, 2.05) is 0 Å². The molecule has 0 radical (unpaired) electrons. The Hall–Kier alpha value is -2.19. The van der Waals surface area contributed by atoms with Gasteiger partial charge in [0.2, 0.25) is 10.0 Å². The van der Waals surface area contributed by atoms with E-state index in [4.69, 9.17) is 4.52 Å². The quantitative estimate of drug-likeness (QED) is 0.895. The van der Waals surface area contributed by atoms with E-state index in [0.717, 1.165) is 0 Å². The van der Waals surface area contributed by atoms with Gasteiger partial charge in [0.15, 0.2) is 0 Å². The van der Waals surface area contributed by atoms with Crippen molar-refractivity contribution in [1.29, 1.82) is 0 Å². The van der Waals surface area contributed by atoms with Crippen LogP contribution in [0.4, 0.5) is 0 Å². The van der Waals surface area contributed by atoms with Gasteiger partial charge in [0.05, 0.1) is 10.6 Å². The maximum Gasteiger partial charge on any atom is 0.259 e. The predicted octanol–water partition coefficient (Wildman–Crippen LogP) is 1.87. The first-order valence-corrected chi connectivity index (χ1v) is 9.66. The standard InChI is InChI=1S/C17H21N3O4S/c1-12-16(13(2)24-18-12)17(21)20-10-8-14(9-11-20)19-25(22,23)15-6-4-3-5-7-15/h3-7,14,19H,8-11H2,1-2H3. The van der Waals surface area contributed by atoms with Crippen LogP contribution >= 0.6 is 0 Å². The molecular formula is C17H21N3O4S. The number of nitrogens with zero attached hydrogens (tertiary/aromatic N) is 2. The third kappa shape index (κ3) is 3.74. The van der Waals surface area contributed by atoms with Crippen molar-refractivity contribution in [3.05, 3.63) is 47.3 Å². The van der Waals surface area contributed by atoms with Crippen molar-refractivity contribution in [2.24, 2.45) is 0 Å². The number of amides is 1. The van der Waals surface area contributed by atoms with E-state index in [1.54, 1.807) is 49.1 Å². The number of likely N-dealkylation sites (tertiary alicyclic amines) is 1. The Labute approximate surface area is 147 Å². The number of carbonyl (C=O) groups is 1. The van der Waals surface area contributed by atoms with E-state index in [9.17, 15) is 13.2 Å². The molecule has 7 nitrogen and oxygen atoms in total. The summed E-state index contributed by atoms with van der Waals surface area (Å²) >= 11 is 0. The van der Waals surface area contributed by atoms with Crippen LogP contribution in [0.1, 0.15) is 34.7 Å². The van der Waals surface area contributed by atoms with Crippen LogP contribution in [-0.2, 0) is 10.0 Å². The Morgan fingerprint density at radius 2 is 1.84 bits per heavy atom. The maximum atomic E-state index is 12.6. The molecule has 2 heterocycles. The van der Waals surface area contributed by atoms with Crippen LogP contribution in [0.25, 0.3) is 0 Å². The molecule has 1 N–H and O–H groups in total. The molecule has 1 aromatic carbocycles.